The summed E-state index contributed by atoms with van der Waals surface area (Å²) in [6, 6.07) is 35.4. The Kier molecular flexibility index (Phi) is 7.66. The average Bonchev–Trinajstić information content (AvgIpc) is 3.50. The van der Waals surface area contributed by atoms with E-state index in [4.69, 9.17) is 14.0 Å². The van der Waals surface area contributed by atoms with Crippen LogP contribution in [0.25, 0.3) is 55.6 Å². The Morgan fingerprint density at radius 1 is 0.830 bits per heavy atom. The van der Waals surface area contributed by atoms with Crippen LogP contribution in [0.5, 0.6) is 0 Å². The maximum atomic E-state index is 9.57. The summed E-state index contributed by atoms with van der Waals surface area (Å²) in [4.78, 5) is 8.65. The number of rotatable bonds is 4. The molecule has 0 N–H and O–H groups in total. The van der Waals surface area contributed by atoms with Crippen molar-refractivity contribution in [1.29, 1.82) is 5.26 Å². The number of nitrogens with zero attached hydrogens (tertiary/aromatic N) is 3. The van der Waals surface area contributed by atoms with E-state index >= 15 is 0 Å². The largest absolute Gasteiger partial charge is 0.499 e. The Labute approximate surface area is 300 Å². The van der Waals surface area contributed by atoms with Crippen molar-refractivity contribution in [2.45, 2.75) is 40.9 Å². The molecule has 5 heteroatoms. The van der Waals surface area contributed by atoms with Crippen molar-refractivity contribution >= 4 is 21.9 Å². The van der Waals surface area contributed by atoms with E-state index in [0.717, 1.165) is 22.0 Å². The molecule has 3 heterocycles. The molecule has 47 heavy (non-hydrogen) atoms. The van der Waals surface area contributed by atoms with Crippen LogP contribution in [0.4, 0.5) is 0 Å². The van der Waals surface area contributed by atoms with Gasteiger partial charge in [0, 0.05) is 46.1 Å². The van der Waals surface area contributed by atoms with E-state index in [0.29, 0.717) is 40.0 Å². The third-order valence-electron chi connectivity index (χ3n) is 7.39. The summed E-state index contributed by atoms with van der Waals surface area (Å²) in [6.45, 7) is 0.843. The number of para-hydroxylation sites is 1. The van der Waals surface area contributed by atoms with E-state index in [1.807, 2.05) is 75.4 Å². The fraction of sp³-hybridized carbons (Fsp3) is 0.167. The Balaban J connectivity index is 0.000000365. The van der Waals surface area contributed by atoms with Crippen molar-refractivity contribution in [2.24, 2.45) is 5.41 Å². The maximum absolute atomic E-state index is 9.57. The molecule has 0 spiro atoms. The summed E-state index contributed by atoms with van der Waals surface area (Å²) in [6.07, 6.45) is 3.54. The molecule has 7 rings (SSSR count). The van der Waals surface area contributed by atoms with Gasteiger partial charge in [0.25, 0.3) is 0 Å². The number of hydrogen-bond acceptors (Lipinski definition) is 4. The van der Waals surface area contributed by atoms with Crippen LogP contribution in [0.15, 0.2) is 114 Å². The van der Waals surface area contributed by atoms with Gasteiger partial charge in [-0.25, -0.2) is 0 Å². The van der Waals surface area contributed by atoms with Crippen LogP contribution in [0.1, 0.15) is 52.6 Å². The van der Waals surface area contributed by atoms with Crippen LogP contribution in [-0.4, -0.2) is 9.97 Å². The first-order chi connectivity index (χ1) is 25.0. The van der Waals surface area contributed by atoms with E-state index < -0.39 is 13.7 Å². The van der Waals surface area contributed by atoms with Crippen LogP contribution in [-0.2, 0) is 26.5 Å². The molecule has 0 unspecified atom stereocenters. The van der Waals surface area contributed by atoms with E-state index in [1.165, 1.54) is 12.3 Å². The molecule has 0 amide bonds. The molecule has 235 valence electrons. The van der Waals surface area contributed by atoms with Gasteiger partial charge in [-0.15, -0.1) is 54.1 Å². The molecule has 3 aromatic heterocycles. The summed E-state index contributed by atoms with van der Waals surface area (Å²) >= 11 is 0. The maximum Gasteiger partial charge on any atom is 0.138 e. The van der Waals surface area contributed by atoms with Crippen molar-refractivity contribution in [3.8, 4) is 39.7 Å². The van der Waals surface area contributed by atoms with Gasteiger partial charge < -0.3 is 14.4 Å². The summed E-state index contributed by atoms with van der Waals surface area (Å²) in [5, 5.41) is 11.0. The molecule has 0 saturated carbocycles. The molecule has 0 atom stereocenters. The van der Waals surface area contributed by atoms with Crippen LogP contribution >= 0.6 is 0 Å². The standard InChI is InChI=1S/C31H27N2O.C11H8N.Ir/c1-19-14-21(16-31(3,4)5)12-13-23(19)27-15-28(33-18-20(27)2)26-11-7-10-25-24-9-6-8-22(17-32)29(24)34-30(25)26;1-2-6-10(7-3-1)11-8-4-5-9-12-11;/h6-10,12-15,18H,16H2,1-5H3;1-6,8-9H;/q2*-1;/i1D3,2D3,13D;;. The minimum atomic E-state index is -2.62. The molecule has 7 aromatic rings. The molecular weight excluding hydrogens is 755 g/mol. The van der Waals surface area contributed by atoms with Crippen molar-refractivity contribution in [3.63, 3.8) is 0 Å². The number of benzene rings is 4. The Morgan fingerprint density at radius 2 is 1.66 bits per heavy atom. The first-order valence-corrected chi connectivity index (χ1v) is 14.8. The van der Waals surface area contributed by atoms with Gasteiger partial charge in [-0.1, -0.05) is 80.2 Å². The first kappa shape index (κ1) is 25.2. The number of fused-ring (bicyclic) bond motifs is 3. The molecule has 0 fully saturated rings. The van der Waals surface area contributed by atoms with Crippen molar-refractivity contribution < 1.29 is 34.1 Å². The smallest absolute Gasteiger partial charge is 0.138 e. The second-order valence-corrected chi connectivity index (χ2v) is 12.1. The number of aromatic nitrogens is 2. The Hall–Kier alpha value is -4.88. The number of nitriles is 1. The molecular formula is C42H35IrN3O-2. The Bertz CT molecular complexity index is 2430. The predicted molar refractivity (Wildman–Crippen MR) is 187 cm³/mol. The molecule has 0 saturated heterocycles. The van der Waals surface area contributed by atoms with Gasteiger partial charge in [-0.2, -0.15) is 5.26 Å². The Morgan fingerprint density at radius 3 is 2.38 bits per heavy atom. The van der Waals surface area contributed by atoms with Crippen LogP contribution < -0.4 is 0 Å². The molecule has 0 bridgehead atoms. The van der Waals surface area contributed by atoms with E-state index in [1.54, 1.807) is 36.5 Å². The van der Waals surface area contributed by atoms with Gasteiger partial charge in [-0.3, -0.25) is 0 Å². The van der Waals surface area contributed by atoms with E-state index in [-0.39, 0.29) is 53.8 Å². The first-order valence-electron chi connectivity index (χ1n) is 18.3. The van der Waals surface area contributed by atoms with Gasteiger partial charge in [0.2, 0.25) is 0 Å². The van der Waals surface area contributed by atoms with E-state index in [2.05, 4.69) is 28.2 Å². The van der Waals surface area contributed by atoms with Gasteiger partial charge in [-0.05, 0) is 76.9 Å². The van der Waals surface area contributed by atoms with Gasteiger partial charge in [0.05, 0.1) is 12.5 Å². The van der Waals surface area contributed by atoms with Gasteiger partial charge in [0.1, 0.15) is 11.7 Å². The van der Waals surface area contributed by atoms with E-state index in [9.17, 15) is 5.26 Å². The second-order valence-electron chi connectivity index (χ2n) is 12.1. The molecule has 1 radical (unpaired) electrons. The number of aryl methyl sites for hydroxylation is 2. The third-order valence-corrected chi connectivity index (χ3v) is 7.39. The number of pyridine rings is 2. The van der Waals surface area contributed by atoms with Crippen LogP contribution in [0.2, 0.25) is 0 Å². The van der Waals surface area contributed by atoms with Crippen LogP contribution in [0.3, 0.4) is 0 Å². The minimum absolute atomic E-state index is 0. The fourth-order valence-electron chi connectivity index (χ4n) is 5.39. The molecule has 0 aliphatic carbocycles. The topological polar surface area (TPSA) is 62.7 Å². The van der Waals surface area contributed by atoms with Crippen molar-refractivity contribution in [3.05, 3.63) is 144 Å². The van der Waals surface area contributed by atoms with Crippen molar-refractivity contribution in [2.75, 3.05) is 0 Å². The summed E-state index contributed by atoms with van der Waals surface area (Å²) in [7, 11) is 0. The SMILES string of the molecule is [2H]c1cc(CC(C)(C)C)cc(C([2H])([2H])[2H])c1-c1cc(-c2[c-]ccc3c2oc2c(C#N)cccc23)ncc1C([2H])([2H])[2H].[Ir].[c-]1ccccc1-c1ccccn1. The summed E-state index contributed by atoms with van der Waals surface area (Å²) < 4.78 is 64.4. The van der Waals surface area contributed by atoms with Crippen LogP contribution in [0, 0.1) is 42.6 Å². The zero-order chi connectivity index (χ0) is 38.1. The number of hydrogen-bond donors (Lipinski definition) is 0. The summed E-state index contributed by atoms with van der Waals surface area (Å²) in [5.74, 6) is 0. The number of furan rings is 1. The minimum Gasteiger partial charge on any atom is -0.499 e. The average molecular weight is 797 g/mol. The molecule has 4 nitrogen and oxygen atoms in total. The normalized spacial score (nSPS) is 13.7. The zero-order valence-corrected chi connectivity index (χ0v) is 28.5. The van der Waals surface area contributed by atoms with Gasteiger partial charge >= 0.3 is 0 Å². The van der Waals surface area contributed by atoms with Gasteiger partial charge in [0.15, 0.2) is 0 Å². The molecule has 4 aromatic carbocycles. The monoisotopic (exact) mass is 797 g/mol. The molecule has 0 aliphatic rings. The second kappa shape index (κ2) is 14.3. The summed E-state index contributed by atoms with van der Waals surface area (Å²) in [5.41, 5.74) is 4.33. The quantitative estimate of drug-likeness (QED) is 0.166. The zero-order valence-electron chi connectivity index (χ0n) is 33.1. The third kappa shape index (κ3) is 7.42. The predicted octanol–water partition coefficient (Wildman–Crippen LogP) is 10.7. The fourth-order valence-corrected chi connectivity index (χ4v) is 5.39. The molecule has 0 aliphatic heterocycles. The van der Waals surface area contributed by atoms with Crippen molar-refractivity contribution in [1.82, 2.24) is 9.97 Å².